The Morgan fingerprint density at radius 3 is 2.71 bits per heavy atom. The molecule has 3 saturated carbocycles. The lowest BCUT2D eigenvalue weighted by atomic mass is 9.47. The Hall–Kier alpha value is -1.03. The van der Waals surface area contributed by atoms with E-state index in [4.69, 9.17) is 4.74 Å². The average Bonchev–Trinajstić information content (AvgIpc) is 2.90. The Morgan fingerprint density at radius 1 is 1.29 bits per heavy atom. The molecule has 0 amide bonds. The van der Waals surface area contributed by atoms with Gasteiger partial charge in [-0.15, -0.1) is 11.8 Å². The second-order valence-corrected chi connectivity index (χ2v) is 11.0. The van der Waals surface area contributed by atoms with Crippen molar-refractivity contribution in [3.8, 4) is 0 Å². The van der Waals surface area contributed by atoms with Crippen molar-refractivity contribution in [1.29, 1.82) is 0 Å². The molecule has 4 aliphatic rings. The minimum Gasteiger partial charge on any atom is -0.479 e. The van der Waals surface area contributed by atoms with E-state index < -0.39 is 0 Å². The fourth-order valence-corrected chi connectivity index (χ4v) is 7.97. The fraction of sp³-hybridized carbons (Fsp3) is 0.750. The van der Waals surface area contributed by atoms with Crippen molar-refractivity contribution in [3.63, 3.8) is 0 Å². The summed E-state index contributed by atoms with van der Waals surface area (Å²) in [7, 11) is 0. The van der Waals surface area contributed by atoms with Crippen molar-refractivity contribution in [1.82, 2.24) is 0 Å². The predicted octanol–water partition coefficient (Wildman–Crippen LogP) is 5.41. The average molecular weight is 403 g/mol. The Labute approximate surface area is 173 Å². The first-order valence-electron chi connectivity index (χ1n) is 10.8. The van der Waals surface area contributed by atoms with Gasteiger partial charge in [-0.1, -0.05) is 26.3 Å². The van der Waals surface area contributed by atoms with Crippen LogP contribution in [0.15, 0.2) is 23.5 Å². The third kappa shape index (κ3) is 2.85. The minimum atomic E-state index is -0.0799. The lowest BCUT2D eigenvalue weighted by Crippen LogP contribution is -2.50. The summed E-state index contributed by atoms with van der Waals surface area (Å²) < 4.78 is 5.80. The van der Waals surface area contributed by atoms with Gasteiger partial charge >= 0.3 is 0 Å². The Morgan fingerprint density at radius 2 is 2.04 bits per heavy atom. The molecule has 4 heteroatoms. The summed E-state index contributed by atoms with van der Waals surface area (Å²) in [5.74, 6) is 3.98. The number of thioether (sulfide) groups is 1. The maximum atomic E-state index is 12.5. The fourth-order valence-electron chi connectivity index (χ4n) is 7.73. The molecule has 0 unspecified atom stereocenters. The van der Waals surface area contributed by atoms with E-state index in [1.165, 1.54) is 12.0 Å². The van der Waals surface area contributed by atoms with Crippen LogP contribution in [0.1, 0.15) is 59.8 Å². The molecule has 0 N–H and O–H groups in total. The molecule has 0 aromatic heterocycles. The summed E-state index contributed by atoms with van der Waals surface area (Å²) in [4.78, 5) is 25.0. The number of hydrogen-bond donors (Lipinski definition) is 0. The number of carbonyl (C=O) groups excluding carboxylic acids is 2. The topological polar surface area (TPSA) is 43.4 Å². The molecule has 0 aliphatic heterocycles. The van der Waals surface area contributed by atoms with E-state index in [2.05, 4.69) is 26.8 Å². The maximum absolute atomic E-state index is 12.5. The quantitative estimate of drug-likeness (QED) is 0.590. The maximum Gasteiger partial charge on any atom is 0.220 e. The van der Waals surface area contributed by atoms with Crippen LogP contribution in [-0.4, -0.2) is 23.8 Å². The summed E-state index contributed by atoms with van der Waals surface area (Å²) >= 11 is 1.60. The normalized spacial score (nSPS) is 44.8. The highest BCUT2D eigenvalue weighted by molar-refractivity contribution is 7.98. The van der Waals surface area contributed by atoms with Gasteiger partial charge in [0.15, 0.2) is 5.76 Å². The van der Waals surface area contributed by atoms with Gasteiger partial charge in [-0.25, -0.2) is 0 Å². The molecular formula is C24H34O3S. The van der Waals surface area contributed by atoms with Gasteiger partial charge in [-0.2, -0.15) is 0 Å². The van der Waals surface area contributed by atoms with Crippen molar-refractivity contribution in [2.45, 2.75) is 59.8 Å². The number of rotatable bonds is 4. The summed E-state index contributed by atoms with van der Waals surface area (Å²) in [6, 6.07) is 0. The van der Waals surface area contributed by atoms with E-state index in [1.54, 1.807) is 18.7 Å². The highest BCUT2D eigenvalue weighted by Gasteiger charge is 2.61. The highest BCUT2D eigenvalue weighted by Crippen LogP contribution is 2.67. The highest BCUT2D eigenvalue weighted by atomic mass is 32.2. The van der Waals surface area contributed by atoms with Gasteiger partial charge < -0.3 is 4.74 Å². The molecule has 0 radical (unpaired) electrons. The summed E-state index contributed by atoms with van der Waals surface area (Å²) in [6.45, 7) is 8.81. The minimum absolute atomic E-state index is 0.0340. The number of fused-ring (bicyclic) bond motifs is 5. The van der Waals surface area contributed by atoms with Gasteiger partial charge in [0.25, 0.3) is 0 Å². The SMILES string of the molecule is CSCOC1=C[C@@]2(C)C(=CC1=O)CC[C@H]1[C@@H]3C[C@H](C)[C@H](C(C)=O)[C@@]3(C)CC[C@@H]12. The lowest BCUT2D eigenvalue weighted by Gasteiger charge is -2.57. The van der Waals surface area contributed by atoms with Crippen molar-refractivity contribution < 1.29 is 14.3 Å². The van der Waals surface area contributed by atoms with E-state index in [0.29, 0.717) is 41.2 Å². The van der Waals surface area contributed by atoms with Crippen LogP contribution in [0.25, 0.3) is 0 Å². The Bertz CT molecular complexity index is 753. The molecule has 7 atom stereocenters. The molecule has 0 aromatic rings. The van der Waals surface area contributed by atoms with Gasteiger partial charge in [0.05, 0.1) is 0 Å². The lowest BCUT2D eigenvalue weighted by molar-refractivity contribution is -0.128. The van der Waals surface area contributed by atoms with Crippen molar-refractivity contribution in [3.05, 3.63) is 23.5 Å². The van der Waals surface area contributed by atoms with Gasteiger partial charge in [-0.3, -0.25) is 9.59 Å². The Kier molecular flexibility index (Phi) is 5.09. The molecular weight excluding hydrogens is 368 g/mol. The third-order valence-electron chi connectivity index (χ3n) is 8.74. The number of ketones is 2. The molecule has 28 heavy (non-hydrogen) atoms. The van der Waals surface area contributed by atoms with Crippen LogP contribution in [-0.2, 0) is 14.3 Å². The smallest absolute Gasteiger partial charge is 0.220 e. The molecule has 0 bridgehead atoms. The van der Waals surface area contributed by atoms with Crippen LogP contribution in [0.3, 0.4) is 0 Å². The van der Waals surface area contributed by atoms with Crippen molar-refractivity contribution in [2.75, 3.05) is 12.2 Å². The molecule has 0 heterocycles. The van der Waals surface area contributed by atoms with Crippen LogP contribution in [0.2, 0.25) is 0 Å². The van der Waals surface area contributed by atoms with E-state index in [9.17, 15) is 9.59 Å². The zero-order valence-electron chi connectivity index (χ0n) is 17.9. The van der Waals surface area contributed by atoms with E-state index >= 15 is 0 Å². The molecule has 0 aromatic carbocycles. The first kappa shape index (κ1) is 20.3. The zero-order valence-corrected chi connectivity index (χ0v) is 18.7. The van der Waals surface area contributed by atoms with Gasteiger partial charge in [0.2, 0.25) is 5.78 Å². The molecule has 3 nitrogen and oxygen atoms in total. The standard InChI is InChI=1S/C24H34O3S/c1-14-10-19-17-7-6-16-11-20(26)21(27-13-28-5)12-24(16,4)18(17)8-9-23(19,3)22(14)15(2)25/h11-12,14,17-19,22H,6-10,13H2,1-5H3/t14-,17+,18-,19-,22+,23-,24-/m0/s1. The first-order chi connectivity index (χ1) is 13.2. The second-order valence-electron chi connectivity index (χ2n) is 10.1. The largest absolute Gasteiger partial charge is 0.479 e. The number of hydrogen-bond acceptors (Lipinski definition) is 4. The van der Waals surface area contributed by atoms with Crippen molar-refractivity contribution in [2.24, 2.45) is 40.4 Å². The summed E-state index contributed by atoms with van der Waals surface area (Å²) in [5, 5.41) is 0. The van der Waals surface area contributed by atoms with Gasteiger partial charge in [0, 0.05) is 11.3 Å². The molecule has 4 aliphatic carbocycles. The van der Waals surface area contributed by atoms with Gasteiger partial charge in [0.1, 0.15) is 11.7 Å². The van der Waals surface area contributed by atoms with E-state index in [-0.39, 0.29) is 22.5 Å². The van der Waals surface area contributed by atoms with Crippen LogP contribution >= 0.6 is 11.8 Å². The number of ether oxygens (including phenoxy) is 1. The van der Waals surface area contributed by atoms with Crippen LogP contribution in [0.4, 0.5) is 0 Å². The molecule has 4 rings (SSSR count). The Balaban J connectivity index is 1.67. The van der Waals surface area contributed by atoms with Crippen LogP contribution in [0, 0.1) is 40.4 Å². The summed E-state index contributed by atoms with van der Waals surface area (Å²) in [5.41, 5.74) is 1.37. The van der Waals surface area contributed by atoms with Crippen LogP contribution < -0.4 is 0 Å². The molecule has 154 valence electrons. The monoisotopic (exact) mass is 402 g/mol. The van der Waals surface area contributed by atoms with E-state index in [1.807, 2.05) is 12.3 Å². The first-order valence-corrected chi connectivity index (χ1v) is 12.2. The molecule has 3 fully saturated rings. The molecule has 0 spiro atoms. The van der Waals surface area contributed by atoms with Crippen LogP contribution in [0.5, 0.6) is 0 Å². The number of allylic oxidation sites excluding steroid dienone is 3. The number of carbonyl (C=O) groups is 2. The zero-order chi connectivity index (χ0) is 20.3. The predicted molar refractivity (Wildman–Crippen MR) is 114 cm³/mol. The second kappa shape index (κ2) is 7.04. The van der Waals surface area contributed by atoms with Crippen molar-refractivity contribution >= 4 is 23.3 Å². The number of Topliss-reactive ketones (excluding diaryl/α,β-unsaturated/α-hetero) is 1. The summed E-state index contributed by atoms with van der Waals surface area (Å²) in [6.07, 6.45) is 11.6. The van der Waals surface area contributed by atoms with E-state index in [0.717, 1.165) is 25.7 Å². The van der Waals surface area contributed by atoms with Gasteiger partial charge in [-0.05, 0) is 86.5 Å². The molecule has 0 saturated heterocycles. The third-order valence-corrected chi connectivity index (χ3v) is 9.09.